The molecule has 2 aromatic carbocycles. The number of hydrogen-bond acceptors (Lipinski definition) is 6. The lowest BCUT2D eigenvalue weighted by Crippen LogP contribution is -2.21. The molecule has 0 heterocycles. The molecular formula is C18H20ClN3O4. The Balaban J connectivity index is 1.96. The molecule has 0 bridgehead atoms. The standard InChI is InChI=1S/C18H20ClN3O4/c1-22(2)12-6-4-11(5-7-12)21-17(23)10-26-18(24)13-8-14(19)15(20)9-16(13)25-3/h4-9H,10,20H2,1-3H3,(H,21,23). The number of carbonyl (C=O) groups excluding carboxylic acids is 2. The number of carbonyl (C=O) groups is 2. The van der Waals surface area contributed by atoms with Crippen molar-refractivity contribution in [3.8, 4) is 5.75 Å². The van der Waals surface area contributed by atoms with Gasteiger partial charge in [-0.25, -0.2) is 4.79 Å². The minimum Gasteiger partial charge on any atom is -0.496 e. The Morgan fingerprint density at radius 1 is 1.19 bits per heavy atom. The number of nitrogen functional groups attached to an aromatic ring is 1. The minimum atomic E-state index is -0.734. The maximum Gasteiger partial charge on any atom is 0.342 e. The molecule has 26 heavy (non-hydrogen) atoms. The summed E-state index contributed by atoms with van der Waals surface area (Å²) in [5.74, 6) is -0.977. The maximum absolute atomic E-state index is 12.2. The smallest absolute Gasteiger partial charge is 0.342 e. The SMILES string of the molecule is COc1cc(N)c(Cl)cc1C(=O)OCC(=O)Nc1ccc(N(C)C)cc1. The molecule has 2 rings (SSSR count). The van der Waals surface area contributed by atoms with Gasteiger partial charge in [0.25, 0.3) is 5.91 Å². The van der Waals surface area contributed by atoms with E-state index in [4.69, 9.17) is 26.8 Å². The van der Waals surface area contributed by atoms with Gasteiger partial charge in [-0.15, -0.1) is 0 Å². The van der Waals surface area contributed by atoms with Crippen molar-refractivity contribution in [2.45, 2.75) is 0 Å². The Labute approximate surface area is 156 Å². The van der Waals surface area contributed by atoms with Gasteiger partial charge in [0.2, 0.25) is 0 Å². The number of nitrogens with one attached hydrogen (secondary N) is 1. The lowest BCUT2D eigenvalue weighted by atomic mass is 10.2. The molecule has 0 saturated heterocycles. The van der Waals surface area contributed by atoms with E-state index in [0.29, 0.717) is 5.69 Å². The van der Waals surface area contributed by atoms with Gasteiger partial charge >= 0.3 is 5.97 Å². The number of rotatable bonds is 6. The highest BCUT2D eigenvalue weighted by atomic mass is 35.5. The molecule has 0 atom stereocenters. The first-order valence-corrected chi connectivity index (χ1v) is 8.07. The Hall–Kier alpha value is -2.93. The van der Waals surface area contributed by atoms with Crippen molar-refractivity contribution in [2.24, 2.45) is 0 Å². The van der Waals surface area contributed by atoms with E-state index in [1.54, 1.807) is 12.1 Å². The molecule has 0 radical (unpaired) electrons. The van der Waals surface area contributed by atoms with Gasteiger partial charge in [0.1, 0.15) is 11.3 Å². The summed E-state index contributed by atoms with van der Waals surface area (Å²) in [6, 6.07) is 10.0. The average molecular weight is 378 g/mol. The monoisotopic (exact) mass is 377 g/mol. The van der Waals surface area contributed by atoms with E-state index in [9.17, 15) is 9.59 Å². The van der Waals surface area contributed by atoms with Gasteiger partial charge in [-0.2, -0.15) is 0 Å². The maximum atomic E-state index is 12.2. The quantitative estimate of drug-likeness (QED) is 0.594. The van der Waals surface area contributed by atoms with Crippen LogP contribution in [0.4, 0.5) is 17.1 Å². The lowest BCUT2D eigenvalue weighted by molar-refractivity contribution is -0.119. The highest BCUT2D eigenvalue weighted by Gasteiger charge is 2.17. The number of benzene rings is 2. The van der Waals surface area contributed by atoms with Crippen LogP contribution in [0.15, 0.2) is 36.4 Å². The second-order valence-electron chi connectivity index (χ2n) is 5.64. The number of halogens is 1. The third-order valence-corrected chi connectivity index (χ3v) is 3.87. The van der Waals surface area contributed by atoms with Crippen LogP contribution < -0.4 is 20.7 Å². The van der Waals surface area contributed by atoms with Crippen molar-refractivity contribution in [1.29, 1.82) is 0 Å². The molecule has 3 N–H and O–H groups in total. The van der Waals surface area contributed by atoms with Crippen molar-refractivity contribution in [3.05, 3.63) is 47.0 Å². The molecule has 2 aromatic rings. The Bertz CT molecular complexity index is 807. The van der Waals surface area contributed by atoms with Crippen LogP contribution in [0.5, 0.6) is 5.75 Å². The van der Waals surface area contributed by atoms with Gasteiger partial charge < -0.3 is 25.4 Å². The van der Waals surface area contributed by atoms with Crippen LogP contribution in [-0.2, 0) is 9.53 Å². The van der Waals surface area contributed by atoms with E-state index in [0.717, 1.165) is 5.69 Å². The van der Waals surface area contributed by atoms with Gasteiger partial charge in [0, 0.05) is 31.5 Å². The predicted octanol–water partition coefficient (Wildman–Crippen LogP) is 2.79. The number of hydrogen-bond donors (Lipinski definition) is 2. The molecule has 0 unspecified atom stereocenters. The highest BCUT2D eigenvalue weighted by molar-refractivity contribution is 6.33. The summed E-state index contributed by atoms with van der Waals surface area (Å²) in [5.41, 5.74) is 7.64. The Morgan fingerprint density at radius 3 is 2.42 bits per heavy atom. The zero-order chi connectivity index (χ0) is 19.3. The van der Waals surface area contributed by atoms with Crippen LogP contribution in [-0.4, -0.2) is 39.7 Å². The first-order valence-electron chi connectivity index (χ1n) is 7.69. The number of ether oxygens (including phenoxy) is 2. The van der Waals surface area contributed by atoms with Gasteiger partial charge in [0.05, 0.1) is 17.8 Å². The fourth-order valence-corrected chi connectivity index (χ4v) is 2.31. The zero-order valence-corrected chi connectivity index (χ0v) is 15.5. The minimum absolute atomic E-state index is 0.0924. The van der Waals surface area contributed by atoms with Gasteiger partial charge in [-0.05, 0) is 30.3 Å². The predicted molar refractivity (Wildman–Crippen MR) is 102 cm³/mol. The second-order valence-corrected chi connectivity index (χ2v) is 6.05. The Kier molecular flexibility index (Phi) is 6.30. The van der Waals surface area contributed by atoms with Crippen LogP contribution in [0.1, 0.15) is 10.4 Å². The molecule has 7 nitrogen and oxygen atoms in total. The highest BCUT2D eigenvalue weighted by Crippen LogP contribution is 2.29. The van der Waals surface area contributed by atoms with Crippen molar-refractivity contribution in [2.75, 3.05) is 43.8 Å². The number of nitrogens with two attached hydrogens (primary N) is 1. The third kappa shape index (κ3) is 4.80. The topological polar surface area (TPSA) is 93.9 Å². The molecule has 0 spiro atoms. The largest absolute Gasteiger partial charge is 0.496 e. The van der Waals surface area contributed by atoms with E-state index in [1.807, 2.05) is 31.1 Å². The molecule has 0 fully saturated rings. The number of amides is 1. The summed E-state index contributed by atoms with van der Waals surface area (Å²) >= 11 is 5.92. The summed E-state index contributed by atoms with van der Waals surface area (Å²) < 4.78 is 10.1. The van der Waals surface area contributed by atoms with Crippen LogP contribution >= 0.6 is 11.6 Å². The number of methoxy groups -OCH3 is 1. The molecular weight excluding hydrogens is 358 g/mol. The fraction of sp³-hybridized carbons (Fsp3) is 0.222. The molecule has 8 heteroatoms. The van der Waals surface area contributed by atoms with Gasteiger partial charge in [-0.3, -0.25) is 4.79 Å². The van der Waals surface area contributed by atoms with E-state index < -0.39 is 18.5 Å². The van der Waals surface area contributed by atoms with Gasteiger partial charge in [0.15, 0.2) is 6.61 Å². The van der Waals surface area contributed by atoms with Crippen molar-refractivity contribution >= 4 is 40.5 Å². The molecule has 1 amide bonds. The van der Waals surface area contributed by atoms with Crippen molar-refractivity contribution < 1.29 is 19.1 Å². The third-order valence-electron chi connectivity index (χ3n) is 3.54. The van der Waals surface area contributed by atoms with Crippen LogP contribution in [0.3, 0.4) is 0 Å². The van der Waals surface area contributed by atoms with Crippen LogP contribution in [0.25, 0.3) is 0 Å². The van der Waals surface area contributed by atoms with E-state index in [1.165, 1.54) is 19.2 Å². The van der Waals surface area contributed by atoms with Crippen LogP contribution in [0.2, 0.25) is 5.02 Å². The molecule has 138 valence electrons. The summed E-state index contributed by atoms with van der Waals surface area (Å²) in [7, 11) is 5.24. The number of anilines is 3. The zero-order valence-electron chi connectivity index (χ0n) is 14.7. The first kappa shape index (κ1) is 19.4. The summed E-state index contributed by atoms with van der Waals surface area (Å²) in [6.07, 6.45) is 0. The molecule has 0 aromatic heterocycles. The van der Waals surface area contributed by atoms with Gasteiger partial charge in [-0.1, -0.05) is 11.6 Å². The van der Waals surface area contributed by atoms with E-state index in [-0.39, 0.29) is 22.0 Å². The molecule has 0 saturated carbocycles. The molecule has 0 aliphatic heterocycles. The fourth-order valence-electron chi connectivity index (χ4n) is 2.15. The normalized spacial score (nSPS) is 10.2. The summed E-state index contributed by atoms with van der Waals surface area (Å²) in [5, 5.41) is 2.85. The lowest BCUT2D eigenvalue weighted by Gasteiger charge is -2.13. The molecule has 0 aliphatic rings. The van der Waals surface area contributed by atoms with Crippen LogP contribution in [0, 0.1) is 0 Å². The average Bonchev–Trinajstić information content (AvgIpc) is 2.62. The Morgan fingerprint density at radius 2 is 1.85 bits per heavy atom. The summed E-state index contributed by atoms with van der Waals surface area (Å²) in [6.45, 7) is -0.445. The molecule has 0 aliphatic carbocycles. The number of nitrogens with zero attached hydrogens (tertiary/aromatic N) is 1. The van der Waals surface area contributed by atoms with Crippen molar-refractivity contribution in [1.82, 2.24) is 0 Å². The first-order chi connectivity index (χ1) is 12.3. The van der Waals surface area contributed by atoms with Crippen molar-refractivity contribution in [3.63, 3.8) is 0 Å². The second kappa shape index (κ2) is 8.44. The van der Waals surface area contributed by atoms with E-state index in [2.05, 4.69) is 5.32 Å². The number of esters is 1. The van der Waals surface area contributed by atoms with E-state index >= 15 is 0 Å². The summed E-state index contributed by atoms with van der Waals surface area (Å²) in [4.78, 5) is 26.1.